The molecule has 0 radical (unpaired) electrons. The molecule has 1 heterocycles. The lowest BCUT2D eigenvalue weighted by atomic mass is 10.2. The molecular weight excluding hydrogens is 434 g/mol. The van der Waals surface area contributed by atoms with Crippen LogP contribution in [0.3, 0.4) is 0 Å². The molecule has 0 spiro atoms. The topological polar surface area (TPSA) is 93.0 Å². The molecule has 1 saturated heterocycles. The third-order valence-corrected chi connectivity index (χ3v) is 5.47. The van der Waals surface area contributed by atoms with Crippen LogP contribution in [0.25, 0.3) is 6.08 Å². The minimum absolute atomic E-state index is 0.0119. The fourth-order valence-electron chi connectivity index (χ4n) is 3.43. The van der Waals surface area contributed by atoms with E-state index in [0.29, 0.717) is 18.7 Å². The number of halogens is 1. The van der Waals surface area contributed by atoms with Crippen LogP contribution in [0.1, 0.15) is 18.1 Å². The summed E-state index contributed by atoms with van der Waals surface area (Å²) in [5.74, 6) is -0.945. The zero-order chi connectivity index (χ0) is 23.1. The van der Waals surface area contributed by atoms with Crippen molar-refractivity contribution in [3.05, 3.63) is 80.9 Å². The number of nitro benzene ring substituents is 1. The summed E-state index contributed by atoms with van der Waals surface area (Å²) in [5, 5.41) is 11.0. The third kappa shape index (κ3) is 6.38. The van der Waals surface area contributed by atoms with E-state index in [0.717, 1.165) is 25.7 Å². The van der Waals surface area contributed by atoms with Gasteiger partial charge in [0.2, 0.25) is 0 Å². The Morgan fingerprint density at radius 2 is 1.84 bits per heavy atom. The molecule has 0 bridgehead atoms. The molecule has 2 aromatic carbocycles. The van der Waals surface area contributed by atoms with E-state index in [4.69, 9.17) is 16.3 Å². The number of hydrogen-bond acceptors (Lipinski definition) is 6. The number of benzene rings is 2. The number of ether oxygens (including phenoxy) is 1. The zero-order valence-electron chi connectivity index (χ0n) is 17.6. The molecule has 1 aliphatic rings. The van der Waals surface area contributed by atoms with E-state index < -0.39 is 17.0 Å². The van der Waals surface area contributed by atoms with Crippen molar-refractivity contribution in [3.63, 3.8) is 0 Å². The molecule has 1 fully saturated rings. The summed E-state index contributed by atoms with van der Waals surface area (Å²) in [5.41, 5.74) is 1.40. The molecular formula is C23H24ClN3O5. The second-order valence-corrected chi connectivity index (χ2v) is 7.87. The Bertz CT molecular complexity index is 1000. The zero-order valence-corrected chi connectivity index (χ0v) is 18.4. The molecule has 1 aliphatic heterocycles. The van der Waals surface area contributed by atoms with Gasteiger partial charge in [-0.25, -0.2) is 4.79 Å². The molecule has 0 N–H and O–H groups in total. The SMILES string of the molecule is CC(OC(=O)/C=C/c1ccc(Cl)c([N+](=O)[O-])c1)C(=O)N1CCN(Cc2ccccc2)CC1. The lowest BCUT2D eigenvalue weighted by molar-refractivity contribution is -0.384. The Balaban J connectivity index is 1.48. The van der Waals surface area contributed by atoms with Crippen molar-refractivity contribution in [2.75, 3.05) is 26.2 Å². The molecule has 1 unspecified atom stereocenters. The van der Waals surface area contributed by atoms with Gasteiger partial charge in [0.05, 0.1) is 4.92 Å². The maximum absolute atomic E-state index is 12.6. The number of hydrogen-bond donors (Lipinski definition) is 0. The summed E-state index contributed by atoms with van der Waals surface area (Å²) in [7, 11) is 0. The van der Waals surface area contributed by atoms with E-state index in [1.54, 1.807) is 11.0 Å². The van der Waals surface area contributed by atoms with E-state index in [2.05, 4.69) is 17.0 Å². The number of nitro groups is 1. The Morgan fingerprint density at radius 1 is 1.16 bits per heavy atom. The largest absolute Gasteiger partial charge is 0.449 e. The van der Waals surface area contributed by atoms with Crippen LogP contribution < -0.4 is 0 Å². The van der Waals surface area contributed by atoms with Gasteiger partial charge in [0, 0.05) is 44.9 Å². The lowest BCUT2D eigenvalue weighted by Crippen LogP contribution is -2.51. The molecule has 8 nitrogen and oxygen atoms in total. The normalized spacial score (nSPS) is 15.5. The van der Waals surface area contributed by atoms with Crippen molar-refractivity contribution in [2.45, 2.75) is 19.6 Å². The molecule has 0 aliphatic carbocycles. The van der Waals surface area contributed by atoms with Gasteiger partial charge >= 0.3 is 5.97 Å². The van der Waals surface area contributed by atoms with Gasteiger partial charge < -0.3 is 9.64 Å². The van der Waals surface area contributed by atoms with Gasteiger partial charge in [-0.05, 0) is 30.2 Å². The highest BCUT2D eigenvalue weighted by atomic mass is 35.5. The number of esters is 1. The van der Waals surface area contributed by atoms with Gasteiger partial charge in [-0.1, -0.05) is 48.0 Å². The van der Waals surface area contributed by atoms with Crippen LogP contribution in [0.4, 0.5) is 5.69 Å². The molecule has 3 rings (SSSR count). The third-order valence-electron chi connectivity index (χ3n) is 5.15. The number of carbonyl (C=O) groups is 2. The van der Waals surface area contributed by atoms with E-state index in [1.807, 2.05) is 18.2 Å². The predicted molar refractivity (Wildman–Crippen MR) is 121 cm³/mol. The second-order valence-electron chi connectivity index (χ2n) is 7.47. The average molecular weight is 458 g/mol. The minimum Gasteiger partial charge on any atom is -0.449 e. The highest BCUT2D eigenvalue weighted by Crippen LogP contribution is 2.25. The first-order valence-corrected chi connectivity index (χ1v) is 10.6. The van der Waals surface area contributed by atoms with Crippen LogP contribution in [-0.4, -0.2) is 58.9 Å². The summed E-state index contributed by atoms with van der Waals surface area (Å²) in [4.78, 5) is 39.1. The molecule has 1 atom stereocenters. The van der Waals surface area contributed by atoms with Crippen molar-refractivity contribution in [3.8, 4) is 0 Å². The molecule has 32 heavy (non-hydrogen) atoms. The average Bonchev–Trinajstić information content (AvgIpc) is 2.79. The minimum atomic E-state index is -0.924. The lowest BCUT2D eigenvalue weighted by Gasteiger charge is -2.35. The van der Waals surface area contributed by atoms with Crippen LogP contribution in [0.2, 0.25) is 5.02 Å². The quantitative estimate of drug-likeness (QED) is 0.273. The van der Waals surface area contributed by atoms with Gasteiger partial charge in [-0.2, -0.15) is 0 Å². The molecule has 0 saturated carbocycles. The van der Waals surface area contributed by atoms with Gasteiger partial charge in [-0.3, -0.25) is 19.8 Å². The van der Waals surface area contributed by atoms with Crippen LogP contribution in [0.15, 0.2) is 54.6 Å². The summed E-state index contributed by atoms with van der Waals surface area (Å²) in [6.45, 7) is 5.00. The van der Waals surface area contributed by atoms with E-state index in [1.165, 1.54) is 30.7 Å². The maximum atomic E-state index is 12.6. The standard InChI is InChI=1S/C23H24ClN3O5/c1-17(32-22(28)10-8-18-7-9-20(24)21(15-18)27(30)31)23(29)26-13-11-25(12-14-26)16-19-5-3-2-4-6-19/h2-10,15,17H,11-14,16H2,1H3/b10-8+. The molecule has 9 heteroatoms. The Kier molecular flexibility index (Phi) is 7.97. The van der Waals surface area contributed by atoms with Crippen LogP contribution in [0, 0.1) is 10.1 Å². The van der Waals surface area contributed by atoms with E-state index in [9.17, 15) is 19.7 Å². The van der Waals surface area contributed by atoms with Crippen LogP contribution in [0.5, 0.6) is 0 Å². The van der Waals surface area contributed by atoms with Crippen molar-refractivity contribution >= 4 is 35.2 Å². The Hall–Kier alpha value is -3.23. The predicted octanol–water partition coefficient (Wildman–Crippen LogP) is 3.54. The Labute approximate surface area is 191 Å². The van der Waals surface area contributed by atoms with Crippen molar-refractivity contribution < 1.29 is 19.2 Å². The highest BCUT2D eigenvalue weighted by molar-refractivity contribution is 6.32. The molecule has 1 amide bonds. The van der Waals surface area contributed by atoms with Crippen LogP contribution in [-0.2, 0) is 20.9 Å². The summed E-state index contributed by atoms with van der Waals surface area (Å²) >= 11 is 5.78. The number of nitrogens with zero attached hydrogens (tertiary/aromatic N) is 3. The van der Waals surface area contributed by atoms with Gasteiger partial charge in [0.25, 0.3) is 11.6 Å². The first-order valence-electron chi connectivity index (χ1n) is 10.2. The van der Waals surface area contributed by atoms with Crippen molar-refractivity contribution in [1.82, 2.24) is 9.80 Å². The number of carbonyl (C=O) groups excluding carboxylic acids is 2. The summed E-state index contributed by atoms with van der Waals surface area (Å²) in [6, 6.07) is 14.3. The molecule has 168 valence electrons. The molecule has 2 aromatic rings. The monoisotopic (exact) mass is 457 g/mol. The van der Waals surface area contributed by atoms with Crippen molar-refractivity contribution in [2.24, 2.45) is 0 Å². The van der Waals surface area contributed by atoms with Gasteiger partial charge in [0.15, 0.2) is 6.10 Å². The summed E-state index contributed by atoms with van der Waals surface area (Å²) in [6.07, 6.45) is 1.59. The van der Waals surface area contributed by atoms with Gasteiger partial charge in [0.1, 0.15) is 5.02 Å². The van der Waals surface area contributed by atoms with E-state index >= 15 is 0 Å². The van der Waals surface area contributed by atoms with Gasteiger partial charge in [-0.15, -0.1) is 0 Å². The second kappa shape index (κ2) is 10.9. The van der Waals surface area contributed by atoms with E-state index in [-0.39, 0.29) is 16.6 Å². The fourth-order valence-corrected chi connectivity index (χ4v) is 3.61. The number of rotatable bonds is 7. The maximum Gasteiger partial charge on any atom is 0.331 e. The fraction of sp³-hybridized carbons (Fsp3) is 0.304. The molecule has 0 aromatic heterocycles. The van der Waals surface area contributed by atoms with Crippen LogP contribution >= 0.6 is 11.6 Å². The van der Waals surface area contributed by atoms with Crippen molar-refractivity contribution in [1.29, 1.82) is 0 Å². The summed E-state index contributed by atoms with van der Waals surface area (Å²) < 4.78 is 5.22. The first kappa shape index (κ1) is 23.4. The first-order chi connectivity index (χ1) is 15.3. The smallest absolute Gasteiger partial charge is 0.331 e. The number of piperazine rings is 1. The number of amides is 1. The Morgan fingerprint density at radius 3 is 2.50 bits per heavy atom. The highest BCUT2D eigenvalue weighted by Gasteiger charge is 2.26.